The van der Waals surface area contributed by atoms with E-state index in [1.165, 1.54) is 12.1 Å². The van der Waals surface area contributed by atoms with Crippen LogP contribution >= 0.6 is 15.9 Å². The van der Waals surface area contributed by atoms with Crippen LogP contribution in [0.5, 0.6) is 5.75 Å². The van der Waals surface area contributed by atoms with Crippen LogP contribution in [0.1, 0.15) is 5.56 Å². The highest BCUT2D eigenvalue weighted by Gasteiger charge is 2.31. The van der Waals surface area contributed by atoms with E-state index in [1.807, 2.05) is 5.25 Å². The van der Waals surface area contributed by atoms with Crippen LogP contribution in [0.15, 0.2) is 22.7 Å². The molecule has 0 aliphatic heterocycles. The van der Waals surface area contributed by atoms with Gasteiger partial charge < -0.3 is 4.74 Å². The van der Waals surface area contributed by atoms with Crippen LogP contribution in [0.25, 0.3) is 0 Å². The number of rotatable bonds is 1. The van der Waals surface area contributed by atoms with E-state index in [4.69, 9.17) is 0 Å². The minimum Gasteiger partial charge on any atom is -0.405 e. The fourth-order valence-electron chi connectivity index (χ4n) is 0.938. The fourth-order valence-corrected chi connectivity index (χ4v) is 1.70. The molecular weight excluding hydrogens is 337 g/mol. The third-order valence-corrected chi connectivity index (χ3v) is 2.63. The third kappa shape index (κ3) is 5.42. The second kappa shape index (κ2) is 5.20. The molecule has 0 radical (unpaired) electrons. The average Bonchev–Trinajstić information content (AvgIpc) is 2.15. The van der Waals surface area contributed by atoms with E-state index in [9.17, 15) is 21.6 Å². The summed E-state index contributed by atoms with van der Waals surface area (Å²) in [4.78, 5) is 0. The Hall–Kier alpha value is -1.20. The number of halogens is 4. The molecule has 0 unspecified atom stereocenters. The Bertz CT molecular complexity index is 611. The molecule has 0 saturated carbocycles. The quantitative estimate of drug-likeness (QED) is 0.737. The number of sulfone groups is 1. The van der Waals surface area contributed by atoms with E-state index in [0.29, 0.717) is 0 Å². The van der Waals surface area contributed by atoms with Crippen LogP contribution in [0.4, 0.5) is 13.2 Å². The molecule has 0 spiro atoms. The van der Waals surface area contributed by atoms with E-state index in [0.717, 1.165) is 12.3 Å². The molecule has 0 aliphatic rings. The predicted octanol–water partition coefficient (Wildman–Crippen LogP) is 2.70. The lowest BCUT2D eigenvalue weighted by Gasteiger charge is -2.10. The van der Waals surface area contributed by atoms with Crippen LogP contribution in [-0.2, 0) is 9.84 Å². The average molecular weight is 343 g/mol. The zero-order valence-corrected chi connectivity index (χ0v) is 11.3. The van der Waals surface area contributed by atoms with Gasteiger partial charge in [-0.1, -0.05) is 0 Å². The Kier molecular flexibility index (Phi) is 4.29. The van der Waals surface area contributed by atoms with Gasteiger partial charge in [0.2, 0.25) is 9.84 Å². The van der Waals surface area contributed by atoms with Crippen LogP contribution in [0, 0.1) is 11.2 Å². The normalized spacial score (nSPS) is 11.6. The van der Waals surface area contributed by atoms with Gasteiger partial charge in [-0.3, -0.25) is 0 Å². The zero-order valence-electron chi connectivity index (χ0n) is 8.88. The first-order valence-electron chi connectivity index (χ1n) is 4.35. The second-order valence-corrected chi connectivity index (χ2v) is 5.80. The molecule has 0 atom stereocenters. The van der Waals surface area contributed by atoms with Crippen molar-refractivity contribution in [2.75, 3.05) is 6.26 Å². The van der Waals surface area contributed by atoms with E-state index in [1.54, 1.807) is 0 Å². The van der Waals surface area contributed by atoms with Gasteiger partial charge in [0, 0.05) is 10.8 Å². The predicted molar refractivity (Wildman–Crippen MR) is 62.5 cm³/mol. The molecule has 1 rings (SSSR count). The van der Waals surface area contributed by atoms with Crippen molar-refractivity contribution >= 4 is 25.8 Å². The van der Waals surface area contributed by atoms with Crippen molar-refractivity contribution in [2.24, 2.45) is 0 Å². The molecule has 3 nitrogen and oxygen atoms in total. The smallest absolute Gasteiger partial charge is 0.405 e. The molecule has 0 bridgehead atoms. The van der Waals surface area contributed by atoms with Crippen molar-refractivity contribution in [3.05, 3.63) is 28.2 Å². The van der Waals surface area contributed by atoms with Gasteiger partial charge in [0.15, 0.2) is 0 Å². The molecule has 18 heavy (non-hydrogen) atoms. The minimum atomic E-state index is -4.79. The van der Waals surface area contributed by atoms with Crippen molar-refractivity contribution in [1.29, 1.82) is 0 Å². The molecule has 0 amide bonds. The van der Waals surface area contributed by atoms with Gasteiger partial charge in [0.25, 0.3) is 0 Å². The van der Waals surface area contributed by atoms with Crippen molar-refractivity contribution in [1.82, 2.24) is 0 Å². The highest BCUT2D eigenvalue weighted by Crippen LogP contribution is 2.30. The Morgan fingerprint density at radius 2 is 1.94 bits per heavy atom. The lowest BCUT2D eigenvalue weighted by Crippen LogP contribution is -2.17. The van der Waals surface area contributed by atoms with Crippen molar-refractivity contribution in [3.8, 4) is 16.9 Å². The summed E-state index contributed by atoms with van der Waals surface area (Å²) >= 11 is 2.88. The fraction of sp³-hybridized carbons (Fsp3) is 0.200. The summed E-state index contributed by atoms with van der Waals surface area (Å²) in [5.41, 5.74) is 0.252. The molecule has 0 aromatic heterocycles. The van der Waals surface area contributed by atoms with Crippen LogP contribution in [0.3, 0.4) is 0 Å². The van der Waals surface area contributed by atoms with E-state index in [2.05, 4.69) is 26.6 Å². The molecular formula is C10H6BrF3O3S. The Labute approximate surface area is 110 Å². The molecule has 98 valence electrons. The lowest BCUT2D eigenvalue weighted by atomic mass is 10.2. The summed E-state index contributed by atoms with van der Waals surface area (Å²) in [7, 11) is -3.46. The Balaban J connectivity index is 3.03. The lowest BCUT2D eigenvalue weighted by molar-refractivity contribution is -0.274. The Morgan fingerprint density at radius 1 is 1.33 bits per heavy atom. The summed E-state index contributed by atoms with van der Waals surface area (Å²) in [5.74, 6) is 1.89. The number of alkyl halides is 3. The maximum atomic E-state index is 12.0. The second-order valence-electron chi connectivity index (χ2n) is 3.19. The molecule has 1 aromatic carbocycles. The molecule has 1 aromatic rings. The highest BCUT2D eigenvalue weighted by atomic mass is 79.9. The maximum Gasteiger partial charge on any atom is 0.573 e. The zero-order chi connectivity index (χ0) is 14.0. The number of hydrogen-bond donors (Lipinski definition) is 0. The van der Waals surface area contributed by atoms with Crippen molar-refractivity contribution < 1.29 is 26.3 Å². The first-order chi connectivity index (χ1) is 8.07. The maximum absolute atomic E-state index is 12.0. The molecule has 0 aliphatic carbocycles. The van der Waals surface area contributed by atoms with Gasteiger partial charge in [0.1, 0.15) is 5.75 Å². The van der Waals surface area contributed by atoms with Gasteiger partial charge in [0.05, 0.1) is 10.7 Å². The van der Waals surface area contributed by atoms with Gasteiger partial charge in [-0.15, -0.1) is 13.2 Å². The minimum absolute atomic E-state index is 0.0279. The first-order valence-corrected chi connectivity index (χ1v) is 7.03. The third-order valence-electron chi connectivity index (χ3n) is 1.54. The van der Waals surface area contributed by atoms with E-state index in [-0.39, 0.29) is 10.0 Å². The van der Waals surface area contributed by atoms with E-state index < -0.39 is 21.9 Å². The van der Waals surface area contributed by atoms with Gasteiger partial charge in [-0.2, -0.15) is 0 Å². The number of hydrogen-bond acceptors (Lipinski definition) is 3. The van der Waals surface area contributed by atoms with Crippen LogP contribution in [-0.4, -0.2) is 21.0 Å². The SMILES string of the molecule is CS(=O)(=O)C#Cc1ccc(OC(F)(F)F)c(Br)c1. The van der Waals surface area contributed by atoms with Crippen LogP contribution in [0.2, 0.25) is 0 Å². The molecule has 0 saturated heterocycles. The van der Waals surface area contributed by atoms with Gasteiger partial charge in [-0.25, -0.2) is 8.42 Å². The topological polar surface area (TPSA) is 43.4 Å². The van der Waals surface area contributed by atoms with E-state index >= 15 is 0 Å². The molecule has 0 fully saturated rings. The number of ether oxygens (including phenoxy) is 1. The highest BCUT2D eigenvalue weighted by molar-refractivity contribution is 9.10. The monoisotopic (exact) mass is 342 g/mol. The van der Waals surface area contributed by atoms with Crippen molar-refractivity contribution in [2.45, 2.75) is 6.36 Å². The summed E-state index contributed by atoms with van der Waals surface area (Å²) < 4.78 is 61.2. The molecule has 0 N–H and O–H groups in total. The molecule has 0 heterocycles. The Morgan fingerprint density at radius 3 is 2.39 bits per heavy atom. The number of benzene rings is 1. The summed E-state index contributed by atoms with van der Waals surface area (Å²) in [6, 6.07) is 3.51. The first kappa shape index (κ1) is 14.9. The van der Waals surface area contributed by atoms with Crippen LogP contribution < -0.4 is 4.74 Å². The van der Waals surface area contributed by atoms with Gasteiger partial charge >= 0.3 is 6.36 Å². The molecule has 8 heteroatoms. The van der Waals surface area contributed by atoms with Crippen molar-refractivity contribution in [3.63, 3.8) is 0 Å². The summed E-state index contributed by atoms with van der Waals surface area (Å²) in [6.45, 7) is 0. The largest absolute Gasteiger partial charge is 0.573 e. The summed E-state index contributed by atoms with van der Waals surface area (Å²) in [6.07, 6.45) is -3.86. The van der Waals surface area contributed by atoms with Gasteiger partial charge in [-0.05, 0) is 40.0 Å². The summed E-state index contributed by atoms with van der Waals surface area (Å²) in [5, 5.41) is 1.97. The standard InChI is InChI=1S/C10H6BrF3O3S/c1-18(15,16)5-4-7-2-3-9(8(11)6-7)17-10(12,13)14/h2-3,6H,1H3.